The van der Waals surface area contributed by atoms with Crippen molar-refractivity contribution in [2.24, 2.45) is 0 Å². The number of hydrogen-bond donors (Lipinski definition) is 1. The minimum absolute atomic E-state index is 0.227. The molecule has 3 nitrogen and oxygen atoms in total. The first-order chi connectivity index (χ1) is 8.11. The number of hydrogen-bond acceptors (Lipinski definition) is 3. The zero-order valence-electron chi connectivity index (χ0n) is 9.37. The fourth-order valence-electron chi connectivity index (χ4n) is 1.54. The van der Waals surface area contributed by atoms with E-state index in [0.29, 0.717) is 22.0 Å². The van der Waals surface area contributed by atoms with E-state index in [0.717, 1.165) is 12.2 Å². The number of aryl methyl sites for hydroxylation is 1. The van der Waals surface area contributed by atoms with Crippen LogP contribution in [0.1, 0.15) is 28.8 Å². The molecule has 0 fully saturated rings. The summed E-state index contributed by atoms with van der Waals surface area (Å²) in [7, 11) is 0. The molecule has 0 aliphatic rings. The molecule has 4 heteroatoms. The summed E-state index contributed by atoms with van der Waals surface area (Å²) in [5.41, 5.74) is 6.50. The number of rotatable bonds is 3. The number of carbonyl (C=O) groups is 1. The Morgan fingerprint density at radius 2 is 2.12 bits per heavy atom. The minimum Gasteiger partial charge on any atom is -0.458 e. The Morgan fingerprint density at radius 3 is 2.71 bits per heavy atom. The van der Waals surface area contributed by atoms with Crippen LogP contribution in [0.25, 0.3) is 0 Å². The van der Waals surface area contributed by atoms with Crippen LogP contribution in [0, 0.1) is 0 Å². The molecule has 17 heavy (non-hydrogen) atoms. The SMILES string of the molecule is CCc1ccc(C(=O)c2ccc(N)cc2Cl)o1. The number of carbonyl (C=O) groups excluding carboxylic acids is 1. The van der Waals surface area contributed by atoms with Crippen molar-refractivity contribution in [2.45, 2.75) is 13.3 Å². The first-order valence-corrected chi connectivity index (χ1v) is 5.68. The molecule has 0 saturated heterocycles. The number of halogens is 1. The van der Waals surface area contributed by atoms with Crippen molar-refractivity contribution in [1.82, 2.24) is 0 Å². The molecule has 1 aromatic heterocycles. The van der Waals surface area contributed by atoms with Crippen LogP contribution in [0.2, 0.25) is 5.02 Å². The van der Waals surface area contributed by atoms with Gasteiger partial charge >= 0.3 is 0 Å². The molecule has 0 atom stereocenters. The smallest absolute Gasteiger partial charge is 0.229 e. The van der Waals surface area contributed by atoms with Gasteiger partial charge in [-0.25, -0.2) is 0 Å². The summed E-state index contributed by atoms with van der Waals surface area (Å²) in [4.78, 5) is 12.1. The van der Waals surface area contributed by atoms with Crippen molar-refractivity contribution < 1.29 is 9.21 Å². The number of benzene rings is 1. The van der Waals surface area contributed by atoms with Gasteiger partial charge in [0.1, 0.15) is 5.76 Å². The van der Waals surface area contributed by atoms with Gasteiger partial charge in [-0.15, -0.1) is 0 Å². The van der Waals surface area contributed by atoms with E-state index in [4.69, 9.17) is 21.8 Å². The molecular weight excluding hydrogens is 238 g/mol. The van der Waals surface area contributed by atoms with E-state index in [1.807, 2.05) is 6.92 Å². The Labute approximate surface area is 104 Å². The maximum absolute atomic E-state index is 12.1. The lowest BCUT2D eigenvalue weighted by molar-refractivity contribution is 0.101. The van der Waals surface area contributed by atoms with E-state index in [1.54, 1.807) is 30.3 Å². The summed E-state index contributed by atoms with van der Waals surface area (Å²) >= 11 is 5.97. The molecule has 0 bridgehead atoms. The third-order valence-electron chi connectivity index (χ3n) is 2.47. The summed E-state index contributed by atoms with van der Waals surface area (Å²) in [6.07, 6.45) is 0.753. The predicted molar refractivity (Wildman–Crippen MR) is 67.4 cm³/mol. The molecule has 0 unspecified atom stereocenters. The maximum Gasteiger partial charge on any atom is 0.229 e. The van der Waals surface area contributed by atoms with Crippen LogP contribution in [0.5, 0.6) is 0 Å². The second-order valence-electron chi connectivity index (χ2n) is 3.69. The van der Waals surface area contributed by atoms with E-state index in [-0.39, 0.29) is 5.78 Å². The molecule has 0 aliphatic heterocycles. The average Bonchev–Trinajstić information content (AvgIpc) is 2.76. The molecule has 0 aliphatic carbocycles. The predicted octanol–water partition coefficient (Wildman–Crippen LogP) is 3.31. The highest BCUT2D eigenvalue weighted by Gasteiger charge is 2.16. The Bertz CT molecular complexity index is 560. The van der Waals surface area contributed by atoms with Gasteiger partial charge in [0.2, 0.25) is 5.78 Å². The first-order valence-electron chi connectivity index (χ1n) is 5.30. The van der Waals surface area contributed by atoms with Crippen LogP contribution in [0.4, 0.5) is 5.69 Å². The third kappa shape index (κ3) is 2.34. The zero-order chi connectivity index (χ0) is 12.4. The van der Waals surface area contributed by atoms with Crippen molar-refractivity contribution in [2.75, 3.05) is 5.73 Å². The summed E-state index contributed by atoms with van der Waals surface area (Å²) in [5, 5.41) is 0.337. The van der Waals surface area contributed by atoms with Gasteiger partial charge in [0, 0.05) is 17.7 Å². The highest BCUT2D eigenvalue weighted by atomic mass is 35.5. The lowest BCUT2D eigenvalue weighted by Crippen LogP contribution is -2.01. The Hall–Kier alpha value is -1.74. The van der Waals surface area contributed by atoms with E-state index < -0.39 is 0 Å². The number of nitrogens with two attached hydrogens (primary N) is 1. The highest BCUT2D eigenvalue weighted by molar-refractivity contribution is 6.35. The molecule has 1 aromatic carbocycles. The zero-order valence-corrected chi connectivity index (χ0v) is 10.1. The van der Waals surface area contributed by atoms with Crippen molar-refractivity contribution >= 4 is 23.1 Å². The lowest BCUT2D eigenvalue weighted by Gasteiger charge is -2.02. The number of nitrogen functional groups attached to an aromatic ring is 1. The molecule has 0 saturated carbocycles. The van der Waals surface area contributed by atoms with Crippen LogP contribution < -0.4 is 5.73 Å². The number of furan rings is 1. The van der Waals surface area contributed by atoms with Gasteiger partial charge in [0.25, 0.3) is 0 Å². The first kappa shape index (κ1) is 11.7. The molecule has 0 radical (unpaired) electrons. The second kappa shape index (κ2) is 4.63. The van der Waals surface area contributed by atoms with E-state index in [9.17, 15) is 4.79 Å². The van der Waals surface area contributed by atoms with E-state index in [1.165, 1.54) is 0 Å². The van der Waals surface area contributed by atoms with Gasteiger partial charge in [-0.1, -0.05) is 18.5 Å². The number of ketones is 1. The summed E-state index contributed by atoms with van der Waals surface area (Å²) in [6, 6.07) is 8.25. The Morgan fingerprint density at radius 1 is 1.35 bits per heavy atom. The molecule has 1 heterocycles. The van der Waals surface area contributed by atoms with Crippen LogP contribution >= 0.6 is 11.6 Å². The van der Waals surface area contributed by atoms with Crippen LogP contribution in [0.3, 0.4) is 0 Å². The van der Waals surface area contributed by atoms with Crippen LogP contribution in [-0.2, 0) is 6.42 Å². The second-order valence-corrected chi connectivity index (χ2v) is 4.10. The highest BCUT2D eigenvalue weighted by Crippen LogP contribution is 2.23. The minimum atomic E-state index is -0.227. The van der Waals surface area contributed by atoms with E-state index in [2.05, 4.69) is 0 Å². The van der Waals surface area contributed by atoms with Crippen molar-refractivity contribution in [1.29, 1.82) is 0 Å². The molecule has 0 spiro atoms. The molecule has 2 N–H and O–H groups in total. The molecular formula is C13H12ClNO2. The van der Waals surface area contributed by atoms with Crippen molar-refractivity contribution in [3.8, 4) is 0 Å². The molecule has 2 aromatic rings. The van der Waals surface area contributed by atoms with E-state index >= 15 is 0 Å². The molecule has 88 valence electrons. The molecule has 2 rings (SSSR count). The number of anilines is 1. The standard InChI is InChI=1S/C13H12ClNO2/c1-2-9-4-6-12(17-9)13(16)10-5-3-8(15)7-11(10)14/h3-7H,2,15H2,1H3. The summed E-state index contributed by atoms with van der Waals surface area (Å²) < 4.78 is 5.39. The third-order valence-corrected chi connectivity index (χ3v) is 2.78. The Balaban J connectivity index is 2.36. The lowest BCUT2D eigenvalue weighted by atomic mass is 10.1. The van der Waals surface area contributed by atoms with Gasteiger partial charge in [-0.2, -0.15) is 0 Å². The van der Waals surface area contributed by atoms with Crippen LogP contribution in [0.15, 0.2) is 34.7 Å². The molecule has 0 amide bonds. The van der Waals surface area contributed by atoms with Gasteiger partial charge in [0.15, 0.2) is 5.76 Å². The van der Waals surface area contributed by atoms with Crippen molar-refractivity contribution in [3.63, 3.8) is 0 Å². The van der Waals surface area contributed by atoms with Crippen LogP contribution in [-0.4, -0.2) is 5.78 Å². The monoisotopic (exact) mass is 249 g/mol. The van der Waals surface area contributed by atoms with Gasteiger partial charge in [0.05, 0.1) is 5.02 Å². The van der Waals surface area contributed by atoms with Gasteiger partial charge < -0.3 is 10.2 Å². The maximum atomic E-state index is 12.1. The largest absolute Gasteiger partial charge is 0.458 e. The summed E-state index contributed by atoms with van der Waals surface area (Å²) in [6.45, 7) is 1.96. The Kier molecular flexibility index (Phi) is 3.20. The van der Waals surface area contributed by atoms with Gasteiger partial charge in [-0.3, -0.25) is 4.79 Å². The average molecular weight is 250 g/mol. The summed E-state index contributed by atoms with van der Waals surface area (Å²) in [5.74, 6) is 0.850. The quantitative estimate of drug-likeness (QED) is 0.671. The fourth-order valence-corrected chi connectivity index (χ4v) is 1.81. The normalized spacial score (nSPS) is 10.5. The fraction of sp³-hybridized carbons (Fsp3) is 0.154. The van der Waals surface area contributed by atoms with Crippen molar-refractivity contribution in [3.05, 3.63) is 52.4 Å². The van der Waals surface area contributed by atoms with Gasteiger partial charge in [-0.05, 0) is 30.3 Å². The topological polar surface area (TPSA) is 56.2 Å².